The van der Waals surface area contributed by atoms with Gasteiger partial charge < -0.3 is 9.47 Å². The van der Waals surface area contributed by atoms with E-state index in [4.69, 9.17) is 14.7 Å². The fourth-order valence-corrected chi connectivity index (χ4v) is 1.88. The number of carbonyl (C=O) groups excluding carboxylic acids is 1. The summed E-state index contributed by atoms with van der Waals surface area (Å²) in [6, 6.07) is 6.51. The van der Waals surface area contributed by atoms with Crippen molar-refractivity contribution >= 4 is 5.97 Å². The Bertz CT molecular complexity index is 777. The van der Waals surface area contributed by atoms with Crippen LogP contribution < -0.4 is 4.74 Å². The van der Waals surface area contributed by atoms with Crippen molar-refractivity contribution in [3.05, 3.63) is 64.5 Å². The zero-order valence-corrected chi connectivity index (χ0v) is 11.9. The minimum atomic E-state index is -1.31. The van der Waals surface area contributed by atoms with Crippen LogP contribution >= 0.6 is 0 Å². The van der Waals surface area contributed by atoms with Crippen molar-refractivity contribution in [2.75, 3.05) is 7.11 Å². The van der Waals surface area contributed by atoms with Crippen LogP contribution in [0.25, 0.3) is 0 Å². The number of hydrogen-bond acceptors (Lipinski definition) is 4. The summed E-state index contributed by atoms with van der Waals surface area (Å²) in [6.45, 7) is -0.0238. The number of rotatable bonds is 4. The predicted octanol–water partition coefficient (Wildman–Crippen LogP) is 3.34. The highest BCUT2D eigenvalue weighted by atomic mass is 19.1. The van der Waals surface area contributed by atoms with Crippen LogP contribution in [0.1, 0.15) is 21.5 Å². The van der Waals surface area contributed by atoms with Crippen molar-refractivity contribution in [3.8, 4) is 11.8 Å². The topological polar surface area (TPSA) is 59.3 Å². The molecule has 2 aromatic rings. The van der Waals surface area contributed by atoms with Gasteiger partial charge in [0.2, 0.25) is 0 Å². The first-order valence-electron chi connectivity index (χ1n) is 6.35. The van der Waals surface area contributed by atoms with Crippen LogP contribution in [0.4, 0.5) is 13.2 Å². The van der Waals surface area contributed by atoms with E-state index in [-0.39, 0.29) is 23.5 Å². The van der Waals surface area contributed by atoms with E-state index in [1.165, 1.54) is 7.11 Å². The Balaban J connectivity index is 2.28. The fourth-order valence-electron chi connectivity index (χ4n) is 1.88. The van der Waals surface area contributed by atoms with Crippen molar-refractivity contribution in [2.45, 2.75) is 6.61 Å². The Hall–Kier alpha value is -2.85. The molecule has 0 aliphatic heterocycles. The summed E-state index contributed by atoms with van der Waals surface area (Å²) in [4.78, 5) is 11.9. The first kappa shape index (κ1) is 16.5. The van der Waals surface area contributed by atoms with E-state index in [0.717, 1.165) is 30.3 Å². The van der Waals surface area contributed by atoms with Crippen LogP contribution in [0.15, 0.2) is 30.3 Å². The number of nitrogens with zero attached hydrogens (tertiary/aromatic N) is 1. The second kappa shape index (κ2) is 6.94. The van der Waals surface area contributed by atoms with Gasteiger partial charge >= 0.3 is 5.97 Å². The summed E-state index contributed by atoms with van der Waals surface area (Å²) in [5.41, 5.74) is -0.927. The highest BCUT2D eigenvalue weighted by molar-refractivity contribution is 5.91. The monoisotopic (exact) mass is 321 g/mol. The number of halogens is 3. The molecule has 7 heteroatoms. The first-order chi connectivity index (χ1) is 11.0. The van der Waals surface area contributed by atoms with Gasteiger partial charge in [-0.15, -0.1) is 0 Å². The maximum Gasteiger partial charge on any atom is 0.349 e. The van der Waals surface area contributed by atoms with Gasteiger partial charge in [-0.25, -0.2) is 18.0 Å². The van der Waals surface area contributed by atoms with Gasteiger partial charge in [0, 0.05) is 13.2 Å². The van der Waals surface area contributed by atoms with Gasteiger partial charge in [-0.2, -0.15) is 5.26 Å². The van der Waals surface area contributed by atoms with E-state index in [0.29, 0.717) is 0 Å². The lowest BCUT2D eigenvalue weighted by atomic mass is 10.1. The van der Waals surface area contributed by atoms with Crippen LogP contribution in [0.5, 0.6) is 5.75 Å². The van der Waals surface area contributed by atoms with Gasteiger partial charge in [0.25, 0.3) is 0 Å². The Morgan fingerprint density at radius 3 is 2.30 bits per heavy atom. The van der Waals surface area contributed by atoms with E-state index in [2.05, 4.69) is 0 Å². The summed E-state index contributed by atoms with van der Waals surface area (Å²) in [5, 5.41) is 8.60. The molecule has 0 fully saturated rings. The van der Waals surface area contributed by atoms with Gasteiger partial charge in [-0.05, 0) is 29.8 Å². The molecule has 0 saturated carbocycles. The van der Waals surface area contributed by atoms with E-state index in [9.17, 15) is 18.0 Å². The molecule has 23 heavy (non-hydrogen) atoms. The van der Waals surface area contributed by atoms with Gasteiger partial charge in [0.1, 0.15) is 34.8 Å². The smallest absolute Gasteiger partial charge is 0.349 e. The third-order valence-corrected chi connectivity index (χ3v) is 2.89. The number of carbonyl (C=O) groups is 1. The number of methoxy groups -OCH3 is 1. The van der Waals surface area contributed by atoms with Gasteiger partial charge in [-0.3, -0.25) is 0 Å². The lowest BCUT2D eigenvalue weighted by molar-refractivity contribution is 0.0724. The number of nitriles is 1. The second-order valence-corrected chi connectivity index (χ2v) is 4.51. The fraction of sp³-hybridized carbons (Fsp3) is 0.125. The molecule has 0 radical (unpaired) electrons. The summed E-state index contributed by atoms with van der Waals surface area (Å²) in [7, 11) is 1.36. The van der Waals surface area contributed by atoms with Crippen LogP contribution in [0.2, 0.25) is 0 Å². The molecule has 0 saturated heterocycles. The minimum Gasteiger partial charge on any atom is -0.423 e. The average molecular weight is 321 g/mol. The molecule has 0 aromatic heterocycles. The lowest BCUT2D eigenvalue weighted by Crippen LogP contribution is -2.14. The molecule has 0 aliphatic rings. The molecular weight excluding hydrogens is 311 g/mol. The molecule has 118 valence electrons. The predicted molar refractivity (Wildman–Crippen MR) is 73.1 cm³/mol. The number of ether oxygens (including phenoxy) is 2. The van der Waals surface area contributed by atoms with E-state index in [1.807, 2.05) is 0 Å². The molecule has 2 aromatic carbocycles. The number of esters is 1. The lowest BCUT2D eigenvalue weighted by Gasteiger charge is -2.08. The molecule has 0 aliphatic carbocycles. The van der Waals surface area contributed by atoms with Crippen molar-refractivity contribution in [2.24, 2.45) is 0 Å². The van der Waals surface area contributed by atoms with Crippen LogP contribution in [0.3, 0.4) is 0 Å². The average Bonchev–Trinajstić information content (AvgIpc) is 2.47. The summed E-state index contributed by atoms with van der Waals surface area (Å²) >= 11 is 0. The second-order valence-electron chi connectivity index (χ2n) is 4.51. The molecule has 0 N–H and O–H groups in total. The van der Waals surface area contributed by atoms with Crippen LogP contribution in [-0.4, -0.2) is 13.1 Å². The molecule has 2 rings (SSSR count). The molecule has 0 spiro atoms. The Labute approximate surface area is 129 Å². The zero-order chi connectivity index (χ0) is 17.0. The van der Waals surface area contributed by atoms with E-state index >= 15 is 0 Å². The molecule has 0 atom stereocenters. The summed E-state index contributed by atoms with van der Waals surface area (Å²) < 4.78 is 50.7. The van der Waals surface area contributed by atoms with Crippen molar-refractivity contribution in [3.63, 3.8) is 0 Å². The Morgan fingerprint density at radius 2 is 1.78 bits per heavy atom. The summed E-state index contributed by atoms with van der Waals surface area (Å²) in [5.74, 6) is -4.72. The third kappa shape index (κ3) is 3.67. The Morgan fingerprint density at radius 1 is 1.13 bits per heavy atom. The molecule has 0 heterocycles. The van der Waals surface area contributed by atoms with Gasteiger partial charge in [0.15, 0.2) is 0 Å². The van der Waals surface area contributed by atoms with Gasteiger partial charge in [0.05, 0.1) is 12.2 Å². The molecule has 0 bridgehead atoms. The maximum atomic E-state index is 13.9. The van der Waals surface area contributed by atoms with Crippen molar-refractivity contribution in [1.82, 2.24) is 0 Å². The standard InChI is InChI=1S/C16H10F3NO3/c1-22-8-9-4-13(18)15(14(19)5-9)16(21)23-11-3-2-10(7-20)12(17)6-11/h2-6H,8H2,1H3. The molecule has 0 unspecified atom stereocenters. The first-order valence-corrected chi connectivity index (χ1v) is 6.35. The number of benzene rings is 2. The third-order valence-electron chi connectivity index (χ3n) is 2.89. The zero-order valence-electron chi connectivity index (χ0n) is 11.9. The maximum absolute atomic E-state index is 13.9. The van der Waals surface area contributed by atoms with Gasteiger partial charge in [-0.1, -0.05) is 0 Å². The van der Waals surface area contributed by atoms with Crippen molar-refractivity contribution < 1.29 is 27.4 Å². The Kier molecular flexibility index (Phi) is 4.98. The molecular formula is C16H10F3NO3. The molecule has 0 amide bonds. The van der Waals surface area contributed by atoms with E-state index in [1.54, 1.807) is 6.07 Å². The SMILES string of the molecule is COCc1cc(F)c(C(=O)Oc2ccc(C#N)c(F)c2)c(F)c1. The van der Waals surface area contributed by atoms with Crippen LogP contribution in [-0.2, 0) is 11.3 Å². The quantitative estimate of drug-likeness (QED) is 0.640. The van der Waals surface area contributed by atoms with E-state index < -0.39 is 29.0 Å². The minimum absolute atomic E-state index is 0.0238. The normalized spacial score (nSPS) is 10.2. The van der Waals surface area contributed by atoms with Crippen LogP contribution in [0, 0.1) is 28.8 Å². The number of hydrogen-bond donors (Lipinski definition) is 0. The highest BCUT2D eigenvalue weighted by Gasteiger charge is 2.21. The highest BCUT2D eigenvalue weighted by Crippen LogP contribution is 2.21. The summed E-state index contributed by atoms with van der Waals surface area (Å²) in [6.07, 6.45) is 0. The largest absolute Gasteiger partial charge is 0.423 e. The van der Waals surface area contributed by atoms with Crippen molar-refractivity contribution in [1.29, 1.82) is 5.26 Å². The molecule has 4 nitrogen and oxygen atoms in total.